The van der Waals surface area contributed by atoms with Crippen LogP contribution in [-0.4, -0.2) is 51.3 Å². The lowest BCUT2D eigenvalue weighted by Crippen LogP contribution is -2.45. The van der Waals surface area contributed by atoms with Gasteiger partial charge in [0.05, 0.1) is 46.1 Å². The summed E-state index contributed by atoms with van der Waals surface area (Å²) >= 11 is 0. The molecule has 10 heteroatoms. The van der Waals surface area contributed by atoms with Crippen LogP contribution in [0.2, 0.25) is 0 Å². The fraction of sp³-hybridized carbons (Fsp3) is 0.409. The minimum atomic E-state index is -2.76. The summed E-state index contributed by atoms with van der Waals surface area (Å²) in [5.74, 6) is -3.42. The number of nitriles is 1. The SMILES string of the molecule is CC(C)(O)C(F)CNC(=O)c1cnc2c([nH]c3cc(C#N)ccc32)c1NC1CC(F)(F)C1. The van der Waals surface area contributed by atoms with E-state index < -0.39 is 36.2 Å². The second-order valence-corrected chi connectivity index (χ2v) is 8.70. The molecule has 2 heterocycles. The van der Waals surface area contributed by atoms with E-state index in [0.29, 0.717) is 27.5 Å². The van der Waals surface area contributed by atoms with Crippen LogP contribution in [0.3, 0.4) is 0 Å². The number of nitrogens with one attached hydrogen (secondary N) is 3. The first-order valence-corrected chi connectivity index (χ1v) is 10.1. The van der Waals surface area contributed by atoms with Gasteiger partial charge >= 0.3 is 0 Å². The van der Waals surface area contributed by atoms with Gasteiger partial charge < -0.3 is 20.7 Å². The van der Waals surface area contributed by atoms with Gasteiger partial charge in [-0.25, -0.2) is 13.2 Å². The van der Waals surface area contributed by atoms with Crippen LogP contribution in [0.1, 0.15) is 42.6 Å². The molecule has 0 spiro atoms. The third kappa shape index (κ3) is 4.08. The third-order valence-corrected chi connectivity index (χ3v) is 5.63. The summed E-state index contributed by atoms with van der Waals surface area (Å²) in [4.78, 5) is 20.3. The summed E-state index contributed by atoms with van der Waals surface area (Å²) in [7, 11) is 0. The monoisotopic (exact) mass is 445 g/mol. The van der Waals surface area contributed by atoms with E-state index >= 15 is 0 Å². The number of fused-ring (bicyclic) bond motifs is 3. The zero-order chi connectivity index (χ0) is 23.3. The van der Waals surface area contributed by atoms with Crippen molar-refractivity contribution in [3.8, 4) is 6.07 Å². The van der Waals surface area contributed by atoms with E-state index in [1.165, 1.54) is 20.0 Å². The molecule has 2 aromatic heterocycles. The van der Waals surface area contributed by atoms with Gasteiger partial charge in [-0.2, -0.15) is 5.26 Å². The first kappa shape index (κ1) is 21.9. The van der Waals surface area contributed by atoms with E-state index in [2.05, 4.69) is 20.6 Å². The normalized spacial score (nSPS) is 17.0. The Morgan fingerprint density at radius 3 is 2.78 bits per heavy atom. The molecule has 4 rings (SSSR count). The first-order chi connectivity index (χ1) is 15.0. The highest BCUT2D eigenvalue weighted by atomic mass is 19.3. The quantitative estimate of drug-likeness (QED) is 0.463. The highest BCUT2D eigenvalue weighted by Gasteiger charge is 2.45. The Labute approximate surface area is 181 Å². The van der Waals surface area contributed by atoms with Crippen molar-refractivity contribution in [1.29, 1.82) is 5.26 Å². The van der Waals surface area contributed by atoms with Gasteiger partial charge in [-0.15, -0.1) is 0 Å². The van der Waals surface area contributed by atoms with Crippen LogP contribution in [0.25, 0.3) is 21.9 Å². The molecule has 1 saturated carbocycles. The molecule has 32 heavy (non-hydrogen) atoms. The Morgan fingerprint density at radius 2 is 2.16 bits per heavy atom. The van der Waals surface area contributed by atoms with E-state index in [-0.39, 0.29) is 24.1 Å². The molecule has 7 nitrogen and oxygen atoms in total. The van der Waals surface area contributed by atoms with Crippen LogP contribution in [0, 0.1) is 11.3 Å². The number of aromatic nitrogens is 2. The van der Waals surface area contributed by atoms with Gasteiger partial charge in [0.25, 0.3) is 11.8 Å². The standard InChI is InChI=1S/C22H22F3N5O2/c1-21(2,32)16(23)10-28-20(31)14-9-27-17-13-4-3-11(8-26)5-15(13)30-19(17)18(14)29-12-6-22(24,25)7-12/h3-5,9,12,16,30,32H,6-7,10H2,1-2H3,(H,27,29)(H,28,31). The average Bonchev–Trinajstić information content (AvgIpc) is 3.07. The van der Waals surface area contributed by atoms with Crippen molar-refractivity contribution in [3.63, 3.8) is 0 Å². The second kappa shape index (κ2) is 7.67. The maximum atomic E-state index is 14.1. The van der Waals surface area contributed by atoms with E-state index in [9.17, 15) is 23.1 Å². The summed E-state index contributed by atoms with van der Waals surface area (Å²) in [6, 6.07) is 6.49. The van der Waals surface area contributed by atoms with Gasteiger partial charge in [-0.05, 0) is 32.0 Å². The predicted molar refractivity (Wildman–Crippen MR) is 113 cm³/mol. The third-order valence-electron chi connectivity index (χ3n) is 5.63. The Kier molecular flexibility index (Phi) is 5.25. The molecule has 0 bridgehead atoms. The molecule has 1 aliphatic rings. The fourth-order valence-corrected chi connectivity index (χ4v) is 3.71. The number of carbonyl (C=O) groups excluding carboxylic acids is 1. The number of aromatic amines is 1. The maximum absolute atomic E-state index is 14.1. The first-order valence-electron chi connectivity index (χ1n) is 10.1. The highest BCUT2D eigenvalue weighted by Crippen LogP contribution is 2.41. The number of hydrogen-bond acceptors (Lipinski definition) is 5. The molecule has 1 amide bonds. The van der Waals surface area contributed by atoms with Crippen molar-refractivity contribution in [3.05, 3.63) is 35.5 Å². The van der Waals surface area contributed by atoms with Crippen LogP contribution >= 0.6 is 0 Å². The molecule has 1 aliphatic carbocycles. The molecule has 1 fully saturated rings. The van der Waals surface area contributed by atoms with Crippen molar-refractivity contribution < 1.29 is 23.1 Å². The Hall–Kier alpha value is -3.32. The summed E-state index contributed by atoms with van der Waals surface area (Å²) in [6.07, 6.45) is -1.15. The molecule has 1 atom stereocenters. The largest absolute Gasteiger partial charge is 0.387 e. The highest BCUT2D eigenvalue weighted by molar-refractivity contribution is 6.14. The van der Waals surface area contributed by atoms with Crippen LogP contribution in [0.4, 0.5) is 18.9 Å². The van der Waals surface area contributed by atoms with Gasteiger partial charge in [0.15, 0.2) is 0 Å². The minimum absolute atomic E-state index is 0.0581. The molecule has 0 saturated heterocycles. The zero-order valence-electron chi connectivity index (χ0n) is 17.5. The molecule has 0 aliphatic heterocycles. The van der Waals surface area contributed by atoms with E-state index in [1.54, 1.807) is 18.2 Å². The second-order valence-electron chi connectivity index (χ2n) is 8.70. The number of nitrogens with zero attached hydrogens (tertiary/aromatic N) is 2. The fourth-order valence-electron chi connectivity index (χ4n) is 3.71. The van der Waals surface area contributed by atoms with Crippen molar-refractivity contribution >= 4 is 33.5 Å². The smallest absolute Gasteiger partial charge is 0.255 e. The average molecular weight is 445 g/mol. The number of alkyl halides is 3. The number of benzene rings is 1. The van der Waals surface area contributed by atoms with Crippen molar-refractivity contribution in [1.82, 2.24) is 15.3 Å². The maximum Gasteiger partial charge on any atom is 0.255 e. The number of anilines is 1. The summed E-state index contributed by atoms with van der Waals surface area (Å²) in [5, 5.41) is 25.0. The molecular weight excluding hydrogens is 423 g/mol. The zero-order valence-corrected chi connectivity index (χ0v) is 17.5. The molecule has 1 aromatic carbocycles. The Morgan fingerprint density at radius 1 is 1.44 bits per heavy atom. The summed E-state index contributed by atoms with van der Waals surface area (Å²) in [5.41, 5.74) is 0.674. The number of amides is 1. The topological polar surface area (TPSA) is 114 Å². The number of halogens is 3. The van der Waals surface area contributed by atoms with Crippen LogP contribution in [0.5, 0.6) is 0 Å². The number of carbonyl (C=O) groups is 1. The molecule has 168 valence electrons. The van der Waals surface area contributed by atoms with Gasteiger partial charge in [-0.3, -0.25) is 9.78 Å². The van der Waals surface area contributed by atoms with E-state index in [1.807, 2.05) is 6.07 Å². The lowest BCUT2D eigenvalue weighted by molar-refractivity contribution is -0.0793. The Bertz CT molecular complexity index is 1230. The molecule has 1 unspecified atom stereocenters. The Balaban J connectivity index is 1.74. The van der Waals surface area contributed by atoms with E-state index in [0.717, 1.165) is 0 Å². The van der Waals surface area contributed by atoms with Gasteiger partial charge in [-0.1, -0.05) is 0 Å². The van der Waals surface area contributed by atoms with E-state index in [4.69, 9.17) is 5.26 Å². The molecule has 0 radical (unpaired) electrons. The number of H-pyrrole nitrogens is 1. The van der Waals surface area contributed by atoms with Crippen LogP contribution < -0.4 is 10.6 Å². The van der Waals surface area contributed by atoms with Crippen molar-refractivity contribution in [2.75, 3.05) is 11.9 Å². The van der Waals surface area contributed by atoms with Crippen LogP contribution in [0.15, 0.2) is 24.4 Å². The lowest BCUT2D eigenvalue weighted by atomic mass is 9.88. The number of pyridine rings is 1. The van der Waals surface area contributed by atoms with Crippen molar-refractivity contribution in [2.24, 2.45) is 0 Å². The number of rotatable bonds is 6. The van der Waals surface area contributed by atoms with Gasteiger partial charge in [0.1, 0.15) is 6.17 Å². The summed E-state index contributed by atoms with van der Waals surface area (Å²) < 4.78 is 40.9. The number of hydrogen-bond donors (Lipinski definition) is 4. The minimum Gasteiger partial charge on any atom is -0.387 e. The number of aliphatic hydroxyl groups is 1. The lowest BCUT2D eigenvalue weighted by Gasteiger charge is -2.36. The van der Waals surface area contributed by atoms with Crippen LogP contribution in [-0.2, 0) is 0 Å². The van der Waals surface area contributed by atoms with Gasteiger partial charge in [0.2, 0.25) is 0 Å². The predicted octanol–water partition coefficient (Wildman–Crippen LogP) is 3.64. The van der Waals surface area contributed by atoms with Crippen molar-refractivity contribution in [2.45, 2.75) is 50.4 Å². The van der Waals surface area contributed by atoms with Gasteiger partial charge in [0, 0.05) is 36.0 Å². The molecule has 3 aromatic rings. The molecular formula is C22H22F3N5O2. The summed E-state index contributed by atoms with van der Waals surface area (Å²) in [6.45, 7) is 2.15. The molecule has 4 N–H and O–H groups in total.